The molecule has 0 bridgehead atoms. The lowest BCUT2D eigenvalue weighted by molar-refractivity contribution is -0.113. The SMILES string of the molecule is CN(C1=NC(=O)/C(=C/c2ccco2)S1)c1ccccc1C(=O)O. The van der Waals surface area contributed by atoms with E-state index in [9.17, 15) is 14.7 Å². The Labute approximate surface area is 136 Å². The summed E-state index contributed by atoms with van der Waals surface area (Å²) in [4.78, 5) is 29.3. The van der Waals surface area contributed by atoms with E-state index in [4.69, 9.17) is 4.42 Å². The summed E-state index contributed by atoms with van der Waals surface area (Å²) < 4.78 is 5.19. The van der Waals surface area contributed by atoms with Crippen molar-refractivity contribution in [3.8, 4) is 0 Å². The summed E-state index contributed by atoms with van der Waals surface area (Å²) in [5, 5.41) is 9.69. The van der Waals surface area contributed by atoms with Crippen molar-refractivity contribution >= 4 is 40.6 Å². The zero-order valence-electron chi connectivity index (χ0n) is 12.1. The monoisotopic (exact) mass is 328 g/mol. The Bertz CT molecular complexity index is 824. The van der Waals surface area contributed by atoms with Crippen molar-refractivity contribution in [1.29, 1.82) is 0 Å². The summed E-state index contributed by atoms with van der Waals surface area (Å²) in [6.45, 7) is 0. The second kappa shape index (κ2) is 6.13. The smallest absolute Gasteiger partial charge is 0.337 e. The fourth-order valence-electron chi connectivity index (χ4n) is 2.09. The highest BCUT2D eigenvalue weighted by molar-refractivity contribution is 8.18. The molecule has 0 radical (unpaired) electrons. The van der Waals surface area contributed by atoms with Gasteiger partial charge in [-0.15, -0.1) is 0 Å². The molecule has 7 heteroatoms. The van der Waals surface area contributed by atoms with Crippen LogP contribution in [0.4, 0.5) is 5.69 Å². The Morgan fingerprint density at radius 3 is 2.78 bits per heavy atom. The molecule has 0 saturated heterocycles. The van der Waals surface area contributed by atoms with Crippen molar-refractivity contribution in [1.82, 2.24) is 0 Å². The standard InChI is InChI=1S/C16H12N2O4S/c1-18(12-7-3-2-6-11(12)15(20)21)16-17-14(19)13(23-16)9-10-5-4-8-22-10/h2-9H,1H3,(H,20,21)/b13-9-. The maximum Gasteiger partial charge on any atom is 0.337 e. The molecule has 2 aromatic rings. The van der Waals surface area contributed by atoms with Gasteiger partial charge in [-0.2, -0.15) is 4.99 Å². The predicted octanol–water partition coefficient (Wildman–Crippen LogP) is 3.08. The number of furan rings is 1. The zero-order valence-corrected chi connectivity index (χ0v) is 12.9. The van der Waals surface area contributed by atoms with Gasteiger partial charge in [-0.3, -0.25) is 4.79 Å². The topological polar surface area (TPSA) is 83.1 Å². The molecule has 0 unspecified atom stereocenters. The Hall–Kier alpha value is -2.80. The minimum Gasteiger partial charge on any atom is -0.478 e. The van der Waals surface area contributed by atoms with Crippen molar-refractivity contribution in [2.24, 2.45) is 4.99 Å². The van der Waals surface area contributed by atoms with E-state index in [1.807, 2.05) is 0 Å². The van der Waals surface area contributed by atoms with E-state index in [1.54, 1.807) is 48.4 Å². The van der Waals surface area contributed by atoms with E-state index in [1.165, 1.54) is 24.1 Å². The number of nitrogens with zero attached hydrogens (tertiary/aromatic N) is 2. The van der Waals surface area contributed by atoms with Gasteiger partial charge >= 0.3 is 5.97 Å². The summed E-state index contributed by atoms with van der Waals surface area (Å²) in [7, 11) is 1.68. The average molecular weight is 328 g/mol. The molecule has 116 valence electrons. The molecule has 6 nitrogen and oxygen atoms in total. The van der Waals surface area contributed by atoms with Gasteiger partial charge < -0.3 is 14.4 Å². The summed E-state index contributed by atoms with van der Waals surface area (Å²) >= 11 is 1.17. The summed E-state index contributed by atoms with van der Waals surface area (Å²) in [6.07, 6.45) is 3.13. The van der Waals surface area contributed by atoms with Gasteiger partial charge in [0.25, 0.3) is 5.91 Å². The molecule has 1 aromatic carbocycles. The van der Waals surface area contributed by atoms with Crippen molar-refractivity contribution in [3.05, 3.63) is 58.9 Å². The lowest BCUT2D eigenvalue weighted by Crippen LogP contribution is -2.24. The fourth-order valence-corrected chi connectivity index (χ4v) is 2.96. The van der Waals surface area contributed by atoms with Crippen molar-refractivity contribution in [2.45, 2.75) is 0 Å². The van der Waals surface area contributed by atoms with Crippen LogP contribution in [0.3, 0.4) is 0 Å². The van der Waals surface area contributed by atoms with Gasteiger partial charge in [0.2, 0.25) is 0 Å². The molecule has 1 aliphatic heterocycles. The van der Waals surface area contributed by atoms with Crippen LogP contribution in [0.25, 0.3) is 6.08 Å². The van der Waals surface area contributed by atoms with Gasteiger partial charge in [0, 0.05) is 13.1 Å². The molecule has 0 atom stereocenters. The molecule has 1 amide bonds. The number of carbonyl (C=O) groups is 2. The number of thioether (sulfide) groups is 1. The number of hydrogen-bond acceptors (Lipinski definition) is 5. The van der Waals surface area contributed by atoms with Gasteiger partial charge in [0.05, 0.1) is 22.4 Å². The normalized spacial score (nSPS) is 15.8. The van der Waals surface area contributed by atoms with E-state index < -0.39 is 5.97 Å². The average Bonchev–Trinajstić information content (AvgIpc) is 3.17. The molecule has 0 spiro atoms. The number of rotatable bonds is 3. The number of aliphatic imine (C=N–C) groups is 1. The number of aromatic carboxylic acids is 1. The van der Waals surface area contributed by atoms with E-state index in [0.29, 0.717) is 21.5 Å². The van der Waals surface area contributed by atoms with Crippen molar-refractivity contribution in [3.63, 3.8) is 0 Å². The van der Waals surface area contributed by atoms with Crippen molar-refractivity contribution < 1.29 is 19.1 Å². The number of amidine groups is 1. The molecule has 1 aromatic heterocycles. The first-order valence-electron chi connectivity index (χ1n) is 6.68. The quantitative estimate of drug-likeness (QED) is 0.872. The third-order valence-corrected chi connectivity index (χ3v) is 4.27. The Kier molecular flexibility index (Phi) is 4.03. The van der Waals surface area contributed by atoms with E-state index in [-0.39, 0.29) is 11.5 Å². The van der Waals surface area contributed by atoms with Crippen LogP contribution in [-0.2, 0) is 4.79 Å². The highest BCUT2D eigenvalue weighted by atomic mass is 32.2. The number of amides is 1. The minimum atomic E-state index is -1.03. The molecular weight excluding hydrogens is 316 g/mol. The van der Waals surface area contributed by atoms with Crippen LogP contribution >= 0.6 is 11.8 Å². The number of carboxylic acid groups (broad SMARTS) is 1. The van der Waals surface area contributed by atoms with E-state index in [0.717, 1.165) is 0 Å². The molecule has 2 heterocycles. The number of anilines is 1. The molecular formula is C16H12N2O4S. The third kappa shape index (κ3) is 3.04. The maximum absolute atomic E-state index is 12.0. The van der Waals surface area contributed by atoms with Gasteiger partial charge in [-0.1, -0.05) is 12.1 Å². The maximum atomic E-state index is 12.0. The molecule has 0 aliphatic carbocycles. The first-order chi connectivity index (χ1) is 11.1. The van der Waals surface area contributed by atoms with E-state index >= 15 is 0 Å². The first-order valence-corrected chi connectivity index (χ1v) is 7.50. The number of benzene rings is 1. The van der Waals surface area contributed by atoms with Crippen molar-refractivity contribution in [2.75, 3.05) is 11.9 Å². The molecule has 23 heavy (non-hydrogen) atoms. The second-order valence-corrected chi connectivity index (χ2v) is 5.72. The molecule has 1 N–H and O–H groups in total. The first kappa shape index (κ1) is 15.1. The summed E-state index contributed by atoms with van der Waals surface area (Å²) in [5.41, 5.74) is 0.618. The third-order valence-electron chi connectivity index (χ3n) is 3.21. The second-order valence-electron chi connectivity index (χ2n) is 4.71. The summed E-state index contributed by atoms with van der Waals surface area (Å²) in [5.74, 6) is -0.847. The lowest BCUT2D eigenvalue weighted by Gasteiger charge is -2.19. The molecule has 3 rings (SSSR count). The van der Waals surface area contributed by atoms with Crippen LogP contribution < -0.4 is 4.90 Å². The number of carboxylic acids is 1. The van der Waals surface area contributed by atoms with Crippen LogP contribution in [0, 0.1) is 0 Å². The fraction of sp³-hybridized carbons (Fsp3) is 0.0625. The number of carbonyl (C=O) groups excluding carboxylic acids is 1. The van der Waals surface area contributed by atoms with Crippen LogP contribution in [0.15, 0.2) is 57.0 Å². The van der Waals surface area contributed by atoms with Crippen LogP contribution in [0.1, 0.15) is 16.1 Å². The van der Waals surface area contributed by atoms with Crippen LogP contribution in [-0.4, -0.2) is 29.2 Å². The lowest BCUT2D eigenvalue weighted by atomic mass is 10.1. The molecule has 0 fully saturated rings. The molecule has 1 aliphatic rings. The van der Waals surface area contributed by atoms with Gasteiger partial charge in [-0.25, -0.2) is 4.79 Å². The summed E-state index contributed by atoms with van der Waals surface area (Å²) in [6, 6.07) is 10.0. The highest BCUT2D eigenvalue weighted by Crippen LogP contribution is 2.32. The van der Waals surface area contributed by atoms with Crippen LogP contribution in [0.5, 0.6) is 0 Å². The van der Waals surface area contributed by atoms with Gasteiger partial charge in [-0.05, 0) is 36.0 Å². The Morgan fingerprint density at radius 1 is 1.30 bits per heavy atom. The zero-order chi connectivity index (χ0) is 16.4. The minimum absolute atomic E-state index is 0.147. The number of para-hydroxylation sites is 1. The van der Waals surface area contributed by atoms with Crippen LogP contribution in [0.2, 0.25) is 0 Å². The predicted molar refractivity (Wildman–Crippen MR) is 88.5 cm³/mol. The van der Waals surface area contributed by atoms with Gasteiger partial charge in [0.1, 0.15) is 5.76 Å². The highest BCUT2D eigenvalue weighted by Gasteiger charge is 2.27. The molecule has 0 saturated carbocycles. The Balaban J connectivity index is 1.88. The number of hydrogen-bond donors (Lipinski definition) is 1. The Morgan fingerprint density at radius 2 is 2.09 bits per heavy atom. The van der Waals surface area contributed by atoms with Gasteiger partial charge in [0.15, 0.2) is 5.17 Å². The van der Waals surface area contributed by atoms with E-state index in [2.05, 4.69) is 4.99 Å². The largest absolute Gasteiger partial charge is 0.478 e.